The van der Waals surface area contributed by atoms with Crippen LogP contribution >= 0.6 is 11.8 Å². The minimum atomic E-state index is -0.134. The van der Waals surface area contributed by atoms with E-state index in [0.29, 0.717) is 34.9 Å². The summed E-state index contributed by atoms with van der Waals surface area (Å²) >= 11 is 1.26. The number of carbonyl (C=O) groups excluding carboxylic acids is 1. The van der Waals surface area contributed by atoms with Gasteiger partial charge in [-0.2, -0.15) is 0 Å². The van der Waals surface area contributed by atoms with Gasteiger partial charge in [0.25, 0.3) is 5.56 Å². The van der Waals surface area contributed by atoms with Crippen LogP contribution in [0.5, 0.6) is 5.75 Å². The maximum Gasteiger partial charge on any atom is 0.262 e. The number of benzene rings is 2. The fraction of sp³-hybridized carbons (Fsp3) is 0.208. The number of amides is 1. The van der Waals surface area contributed by atoms with E-state index in [1.165, 1.54) is 11.8 Å². The molecular formula is C24H23N3O4S. The number of nitrogens with zero attached hydrogens (tertiary/aromatic N) is 3. The second kappa shape index (κ2) is 9.74. The molecule has 1 amide bonds. The molecule has 4 rings (SSSR count). The van der Waals surface area contributed by atoms with Gasteiger partial charge in [-0.15, -0.1) is 0 Å². The van der Waals surface area contributed by atoms with E-state index in [-0.39, 0.29) is 17.2 Å². The summed E-state index contributed by atoms with van der Waals surface area (Å²) in [6.07, 6.45) is 1.58. The number of rotatable bonds is 8. The van der Waals surface area contributed by atoms with E-state index < -0.39 is 0 Å². The molecule has 0 fully saturated rings. The van der Waals surface area contributed by atoms with Crippen molar-refractivity contribution in [3.8, 4) is 5.75 Å². The van der Waals surface area contributed by atoms with Gasteiger partial charge in [0.1, 0.15) is 11.5 Å². The van der Waals surface area contributed by atoms with Gasteiger partial charge in [-0.25, -0.2) is 4.98 Å². The van der Waals surface area contributed by atoms with E-state index >= 15 is 0 Å². The van der Waals surface area contributed by atoms with Crippen LogP contribution in [0.15, 0.2) is 81.3 Å². The van der Waals surface area contributed by atoms with Crippen LogP contribution in [0.3, 0.4) is 0 Å². The number of methoxy groups -OCH3 is 1. The maximum atomic E-state index is 13.2. The third-order valence-corrected chi connectivity index (χ3v) is 6.01. The highest BCUT2D eigenvalue weighted by Crippen LogP contribution is 2.20. The van der Waals surface area contributed by atoms with Crippen molar-refractivity contribution in [3.05, 3.63) is 88.6 Å². The first-order valence-corrected chi connectivity index (χ1v) is 11.1. The van der Waals surface area contributed by atoms with Gasteiger partial charge in [-0.1, -0.05) is 36.0 Å². The van der Waals surface area contributed by atoms with Crippen molar-refractivity contribution in [1.29, 1.82) is 0 Å². The summed E-state index contributed by atoms with van der Waals surface area (Å²) in [5.41, 5.74) is 1.42. The molecule has 0 N–H and O–H groups in total. The Hall–Kier alpha value is -3.52. The van der Waals surface area contributed by atoms with Crippen molar-refractivity contribution < 1.29 is 13.9 Å². The molecule has 0 spiro atoms. The summed E-state index contributed by atoms with van der Waals surface area (Å²) in [6, 6.07) is 18.4. The van der Waals surface area contributed by atoms with Crippen molar-refractivity contribution in [3.63, 3.8) is 0 Å². The van der Waals surface area contributed by atoms with Gasteiger partial charge in [-0.3, -0.25) is 14.2 Å². The smallest absolute Gasteiger partial charge is 0.262 e. The minimum Gasteiger partial charge on any atom is -0.497 e. The molecule has 2 aromatic heterocycles. The maximum absolute atomic E-state index is 13.2. The number of hydrogen-bond acceptors (Lipinski definition) is 6. The molecule has 8 heteroatoms. The Bertz CT molecular complexity index is 1270. The van der Waals surface area contributed by atoms with Crippen molar-refractivity contribution in [2.24, 2.45) is 0 Å². The van der Waals surface area contributed by atoms with E-state index in [0.717, 1.165) is 11.3 Å². The number of furan rings is 1. The molecule has 2 heterocycles. The molecular weight excluding hydrogens is 426 g/mol. The standard InChI is InChI=1S/C24H23N3O4S/c1-26(15-19-6-5-13-31-19)22(28)16-32-24-25-21-8-4-3-7-20(21)23(29)27(24)14-17-9-11-18(30-2)12-10-17/h3-13H,14-16H2,1-2H3. The molecule has 4 aromatic rings. The Labute approximate surface area is 189 Å². The van der Waals surface area contributed by atoms with Crippen molar-refractivity contribution in [2.75, 3.05) is 19.9 Å². The lowest BCUT2D eigenvalue weighted by molar-refractivity contribution is -0.127. The molecule has 0 unspecified atom stereocenters. The first kappa shape index (κ1) is 21.7. The molecule has 32 heavy (non-hydrogen) atoms. The predicted octanol–water partition coefficient (Wildman–Crippen LogP) is 3.80. The molecule has 0 atom stereocenters. The Morgan fingerprint density at radius 1 is 1.12 bits per heavy atom. The zero-order valence-corrected chi connectivity index (χ0v) is 18.7. The summed E-state index contributed by atoms with van der Waals surface area (Å²) in [4.78, 5) is 32.2. The third kappa shape index (κ3) is 4.86. The van der Waals surface area contributed by atoms with Crippen LogP contribution in [0.2, 0.25) is 0 Å². The number of carbonyl (C=O) groups is 1. The number of fused-ring (bicyclic) bond motifs is 1. The molecule has 164 valence electrons. The second-order valence-corrected chi connectivity index (χ2v) is 8.21. The fourth-order valence-electron chi connectivity index (χ4n) is 3.27. The molecule has 0 saturated carbocycles. The molecule has 0 aliphatic heterocycles. The van der Waals surface area contributed by atoms with Gasteiger partial charge in [0.15, 0.2) is 5.16 Å². The van der Waals surface area contributed by atoms with Gasteiger partial charge >= 0.3 is 0 Å². The molecule has 0 saturated heterocycles. The Morgan fingerprint density at radius 3 is 2.62 bits per heavy atom. The van der Waals surface area contributed by atoms with Crippen molar-refractivity contribution in [1.82, 2.24) is 14.5 Å². The number of thioether (sulfide) groups is 1. The average Bonchev–Trinajstić information content (AvgIpc) is 3.33. The summed E-state index contributed by atoms with van der Waals surface area (Å²) in [5.74, 6) is 1.54. The lowest BCUT2D eigenvalue weighted by Crippen LogP contribution is -2.29. The highest BCUT2D eigenvalue weighted by Gasteiger charge is 2.16. The first-order chi connectivity index (χ1) is 15.5. The summed E-state index contributed by atoms with van der Waals surface area (Å²) < 4.78 is 12.2. The lowest BCUT2D eigenvalue weighted by atomic mass is 10.2. The van der Waals surface area contributed by atoms with Crippen LogP contribution in [0.4, 0.5) is 0 Å². The number of ether oxygens (including phenoxy) is 1. The van der Waals surface area contributed by atoms with Crippen LogP contribution < -0.4 is 10.3 Å². The van der Waals surface area contributed by atoms with Crippen molar-refractivity contribution in [2.45, 2.75) is 18.2 Å². The first-order valence-electron chi connectivity index (χ1n) is 10.1. The van der Waals surface area contributed by atoms with Crippen molar-refractivity contribution >= 4 is 28.6 Å². The van der Waals surface area contributed by atoms with Gasteiger partial charge in [0.05, 0.1) is 43.1 Å². The van der Waals surface area contributed by atoms with Crippen LogP contribution in [0, 0.1) is 0 Å². The van der Waals surface area contributed by atoms with Crippen LogP contribution in [-0.2, 0) is 17.9 Å². The summed E-state index contributed by atoms with van der Waals surface area (Å²) in [6.45, 7) is 0.732. The van der Waals surface area contributed by atoms with Gasteiger partial charge in [0.2, 0.25) is 5.91 Å². The number of para-hydroxylation sites is 1. The average molecular weight is 450 g/mol. The predicted molar refractivity (Wildman–Crippen MR) is 124 cm³/mol. The van der Waals surface area contributed by atoms with E-state index in [9.17, 15) is 9.59 Å². The van der Waals surface area contributed by atoms with E-state index in [1.807, 2.05) is 48.5 Å². The highest BCUT2D eigenvalue weighted by molar-refractivity contribution is 7.99. The summed E-state index contributed by atoms with van der Waals surface area (Å²) in [5, 5.41) is 1.05. The van der Waals surface area contributed by atoms with Gasteiger partial charge in [0, 0.05) is 7.05 Å². The molecule has 0 aliphatic rings. The number of aromatic nitrogens is 2. The largest absolute Gasteiger partial charge is 0.497 e. The topological polar surface area (TPSA) is 77.6 Å². The number of hydrogen-bond donors (Lipinski definition) is 0. The molecule has 0 radical (unpaired) electrons. The van der Waals surface area contributed by atoms with Gasteiger partial charge < -0.3 is 14.1 Å². The normalized spacial score (nSPS) is 10.9. The van der Waals surface area contributed by atoms with Crippen LogP contribution in [0.1, 0.15) is 11.3 Å². The second-order valence-electron chi connectivity index (χ2n) is 7.27. The zero-order valence-electron chi connectivity index (χ0n) is 17.9. The van der Waals surface area contributed by atoms with Crippen LogP contribution in [0.25, 0.3) is 10.9 Å². The Morgan fingerprint density at radius 2 is 1.91 bits per heavy atom. The quantitative estimate of drug-likeness (QED) is 0.301. The molecule has 0 aliphatic carbocycles. The molecule has 0 bridgehead atoms. The van der Waals surface area contributed by atoms with Gasteiger partial charge in [-0.05, 0) is 42.0 Å². The lowest BCUT2D eigenvalue weighted by Gasteiger charge is -2.17. The van der Waals surface area contributed by atoms with E-state index in [4.69, 9.17) is 9.15 Å². The van der Waals surface area contributed by atoms with E-state index in [2.05, 4.69) is 4.98 Å². The summed E-state index contributed by atoms with van der Waals surface area (Å²) in [7, 11) is 3.34. The Balaban J connectivity index is 1.59. The minimum absolute atomic E-state index is 0.0789. The van der Waals surface area contributed by atoms with Crippen LogP contribution in [-0.4, -0.2) is 40.3 Å². The monoisotopic (exact) mass is 449 g/mol. The Kier molecular flexibility index (Phi) is 6.61. The molecule has 7 nitrogen and oxygen atoms in total. The molecule has 2 aromatic carbocycles. The fourth-order valence-corrected chi connectivity index (χ4v) is 4.21. The third-order valence-electron chi connectivity index (χ3n) is 5.05. The highest BCUT2D eigenvalue weighted by atomic mass is 32.2. The zero-order chi connectivity index (χ0) is 22.5. The van der Waals surface area contributed by atoms with E-state index in [1.54, 1.807) is 42.0 Å². The SMILES string of the molecule is COc1ccc(Cn2c(SCC(=O)N(C)Cc3ccco3)nc3ccccc3c2=O)cc1.